The van der Waals surface area contributed by atoms with Crippen LogP contribution in [0.2, 0.25) is 0 Å². The Hall–Kier alpha value is -1.79. The fourth-order valence-corrected chi connectivity index (χ4v) is 1.58. The smallest absolute Gasteiger partial charge is 0.329 e. The Morgan fingerprint density at radius 3 is 1.89 bits per heavy atom. The van der Waals surface area contributed by atoms with Crippen LogP contribution in [0.15, 0.2) is 0 Å². The Labute approximate surface area is 112 Å². The Morgan fingerprint density at radius 1 is 1.11 bits per heavy atom. The highest BCUT2D eigenvalue weighted by Crippen LogP contribution is 2.13. The van der Waals surface area contributed by atoms with Crippen LogP contribution in [0.1, 0.15) is 47.0 Å². The molecule has 0 bridgehead atoms. The third-order valence-electron chi connectivity index (χ3n) is 3.25. The number of carboxylic acids is 1. The van der Waals surface area contributed by atoms with Gasteiger partial charge in [0.05, 0.1) is 0 Å². The van der Waals surface area contributed by atoms with E-state index in [1.54, 1.807) is 6.92 Å². The van der Waals surface area contributed by atoms with Gasteiger partial charge in [-0.3, -0.25) is 4.79 Å². The number of carbonyl (C=O) groups excluding carboxylic acids is 2. The predicted molar refractivity (Wildman–Crippen MR) is 70.5 cm³/mol. The summed E-state index contributed by atoms with van der Waals surface area (Å²) in [5.74, 6) is -1.79. The molecule has 0 fully saturated rings. The summed E-state index contributed by atoms with van der Waals surface area (Å²) in [6, 6.07) is -0.721. The fraction of sp³-hybridized carbons (Fsp3) is 0.750. The van der Waals surface area contributed by atoms with Gasteiger partial charge in [-0.1, -0.05) is 20.3 Å². The van der Waals surface area contributed by atoms with Crippen molar-refractivity contribution in [1.82, 2.24) is 10.6 Å². The van der Waals surface area contributed by atoms with Gasteiger partial charge in [0.2, 0.25) is 5.91 Å². The number of nitrogens with one attached hydrogen (secondary N) is 2. The molecule has 2 unspecified atom stereocenters. The van der Waals surface area contributed by atoms with Gasteiger partial charge in [-0.05, 0) is 26.7 Å². The first-order valence-electron chi connectivity index (χ1n) is 6.25. The molecule has 0 rings (SSSR count). The van der Waals surface area contributed by atoms with Crippen molar-refractivity contribution < 1.29 is 19.5 Å². The summed E-state index contributed by atoms with van der Waals surface area (Å²) in [5, 5.41) is 13.9. The molecule has 7 nitrogen and oxygen atoms in total. The molecule has 0 spiro atoms. The molecule has 3 amide bonds. The number of primary amides is 1. The zero-order valence-corrected chi connectivity index (χ0v) is 11.9. The van der Waals surface area contributed by atoms with Crippen molar-refractivity contribution in [3.63, 3.8) is 0 Å². The highest BCUT2D eigenvalue weighted by atomic mass is 16.4. The lowest BCUT2D eigenvalue weighted by molar-refractivity contribution is -0.144. The van der Waals surface area contributed by atoms with Gasteiger partial charge in [0.1, 0.15) is 11.1 Å². The molecule has 2 atom stereocenters. The van der Waals surface area contributed by atoms with Crippen LogP contribution in [0.25, 0.3) is 0 Å². The molecule has 0 radical (unpaired) electrons. The molecular formula is C12H23N3O4. The monoisotopic (exact) mass is 273 g/mol. The number of rotatable bonds is 7. The van der Waals surface area contributed by atoms with E-state index in [4.69, 9.17) is 10.8 Å². The second kappa shape index (κ2) is 6.40. The molecule has 0 aliphatic rings. The zero-order valence-electron chi connectivity index (χ0n) is 11.9. The average Bonchev–Trinajstić information content (AvgIpc) is 2.28. The molecule has 0 saturated carbocycles. The van der Waals surface area contributed by atoms with E-state index in [1.165, 1.54) is 13.8 Å². The van der Waals surface area contributed by atoms with Crippen molar-refractivity contribution in [3.8, 4) is 0 Å². The molecule has 0 saturated heterocycles. The number of hydrogen-bond donors (Lipinski definition) is 4. The molecule has 0 aliphatic heterocycles. The summed E-state index contributed by atoms with van der Waals surface area (Å²) in [4.78, 5) is 34.3. The van der Waals surface area contributed by atoms with Crippen molar-refractivity contribution in [2.75, 3.05) is 0 Å². The van der Waals surface area contributed by atoms with E-state index in [0.29, 0.717) is 12.8 Å². The first-order valence-corrected chi connectivity index (χ1v) is 6.25. The highest BCUT2D eigenvalue weighted by Gasteiger charge is 2.37. The summed E-state index contributed by atoms with van der Waals surface area (Å²) < 4.78 is 0. The van der Waals surface area contributed by atoms with Crippen LogP contribution in [0, 0.1) is 0 Å². The molecule has 5 N–H and O–H groups in total. The van der Waals surface area contributed by atoms with E-state index in [2.05, 4.69) is 10.6 Å². The van der Waals surface area contributed by atoms with Crippen LogP contribution in [0.4, 0.5) is 4.79 Å². The van der Waals surface area contributed by atoms with E-state index in [1.807, 2.05) is 6.92 Å². The summed E-state index contributed by atoms with van der Waals surface area (Å²) in [7, 11) is 0. The Morgan fingerprint density at radius 2 is 1.58 bits per heavy atom. The molecule has 7 heteroatoms. The summed E-state index contributed by atoms with van der Waals surface area (Å²) in [6.07, 6.45) is 1.20. The van der Waals surface area contributed by atoms with Crippen LogP contribution in [-0.2, 0) is 9.59 Å². The SMILES string of the molecule is CCCC(C)(NC(=O)NC(C)(CC)C(N)=O)C(=O)O. The van der Waals surface area contributed by atoms with Crippen LogP contribution < -0.4 is 16.4 Å². The minimum absolute atomic E-state index is 0.287. The number of urea groups is 1. The fourth-order valence-electron chi connectivity index (χ4n) is 1.58. The van der Waals surface area contributed by atoms with Crippen LogP contribution in [0.3, 0.4) is 0 Å². The van der Waals surface area contributed by atoms with Gasteiger partial charge >= 0.3 is 12.0 Å². The van der Waals surface area contributed by atoms with Gasteiger partial charge in [-0.25, -0.2) is 9.59 Å². The largest absolute Gasteiger partial charge is 0.480 e. The lowest BCUT2D eigenvalue weighted by Crippen LogP contribution is -2.62. The summed E-state index contributed by atoms with van der Waals surface area (Å²) in [6.45, 7) is 6.44. The van der Waals surface area contributed by atoms with Gasteiger partial charge in [-0.2, -0.15) is 0 Å². The van der Waals surface area contributed by atoms with Crippen LogP contribution in [-0.4, -0.2) is 34.1 Å². The number of amides is 3. The Bertz CT molecular complexity index is 372. The van der Waals surface area contributed by atoms with E-state index in [-0.39, 0.29) is 6.42 Å². The first-order chi connectivity index (χ1) is 8.61. The normalized spacial score (nSPS) is 16.8. The predicted octanol–water partition coefficient (Wildman–Crippen LogP) is 0.583. The molecular weight excluding hydrogens is 250 g/mol. The zero-order chi connectivity index (χ0) is 15.3. The number of nitrogens with two attached hydrogens (primary N) is 1. The van der Waals surface area contributed by atoms with Gasteiger partial charge in [0, 0.05) is 0 Å². The van der Waals surface area contributed by atoms with E-state index >= 15 is 0 Å². The van der Waals surface area contributed by atoms with Crippen molar-refractivity contribution in [3.05, 3.63) is 0 Å². The molecule has 0 aliphatic carbocycles. The van der Waals surface area contributed by atoms with Gasteiger partial charge in [0.15, 0.2) is 0 Å². The minimum Gasteiger partial charge on any atom is -0.480 e. The topological polar surface area (TPSA) is 122 Å². The molecule has 0 aromatic heterocycles. The van der Waals surface area contributed by atoms with Crippen molar-refractivity contribution in [1.29, 1.82) is 0 Å². The van der Waals surface area contributed by atoms with Crippen molar-refractivity contribution >= 4 is 17.9 Å². The molecule has 19 heavy (non-hydrogen) atoms. The number of aliphatic carboxylic acids is 1. The quantitative estimate of drug-likeness (QED) is 0.542. The number of carboxylic acid groups (broad SMARTS) is 1. The Kier molecular flexibility index (Phi) is 5.80. The van der Waals surface area contributed by atoms with Crippen molar-refractivity contribution in [2.45, 2.75) is 58.0 Å². The molecule has 110 valence electrons. The average molecular weight is 273 g/mol. The lowest BCUT2D eigenvalue weighted by atomic mass is 9.96. The molecule has 0 heterocycles. The number of hydrogen-bond acceptors (Lipinski definition) is 3. The Balaban J connectivity index is 4.86. The maximum atomic E-state index is 11.8. The second-order valence-electron chi connectivity index (χ2n) is 5.02. The second-order valence-corrected chi connectivity index (χ2v) is 5.02. The molecule has 0 aromatic rings. The minimum atomic E-state index is -1.37. The third kappa shape index (κ3) is 4.42. The van der Waals surface area contributed by atoms with Gasteiger partial charge in [-0.15, -0.1) is 0 Å². The molecule has 0 aromatic carbocycles. The van der Waals surface area contributed by atoms with Crippen molar-refractivity contribution in [2.24, 2.45) is 5.73 Å². The highest BCUT2D eigenvalue weighted by molar-refractivity contribution is 5.91. The standard InChI is InChI=1S/C12H23N3O4/c1-5-7-12(4,9(17)18)15-10(19)14-11(3,6-2)8(13)16/h5-7H2,1-4H3,(H2,13,16)(H,17,18)(H2,14,15,19). The van der Waals surface area contributed by atoms with Crippen LogP contribution in [0.5, 0.6) is 0 Å². The lowest BCUT2D eigenvalue weighted by Gasteiger charge is -2.30. The summed E-state index contributed by atoms with van der Waals surface area (Å²) in [5.41, 5.74) is 2.65. The van der Waals surface area contributed by atoms with E-state index < -0.39 is 29.0 Å². The van der Waals surface area contributed by atoms with Crippen LogP contribution >= 0.6 is 0 Å². The summed E-state index contributed by atoms with van der Waals surface area (Å²) >= 11 is 0. The maximum Gasteiger partial charge on any atom is 0.329 e. The third-order valence-corrected chi connectivity index (χ3v) is 3.25. The number of carbonyl (C=O) groups is 3. The van der Waals surface area contributed by atoms with E-state index in [9.17, 15) is 14.4 Å². The van der Waals surface area contributed by atoms with Gasteiger partial charge in [0.25, 0.3) is 0 Å². The maximum absolute atomic E-state index is 11.8. The first kappa shape index (κ1) is 17.2. The van der Waals surface area contributed by atoms with Gasteiger partial charge < -0.3 is 21.5 Å². The van der Waals surface area contributed by atoms with E-state index in [0.717, 1.165) is 0 Å².